The number of aryl methyl sites for hydroxylation is 2. The summed E-state index contributed by atoms with van der Waals surface area (Å²) in [5.41, 5.74) is 2.88. The molecule has 0 unspecified atom stereocenters. The lowest BCUT2D eigenvalue weighted by atomic mass is 10.1. The summed E-state index contributed by atoms with van der Waals surface area (Å²) >= 11 is 0. The molecular weight excluding hydrogens is 242 g/mol. The minimum atomic E-state index is 0.0175. The van der Waals surface area contributed by atoms with Crippen LogP contribution in [0.3, 0.4) is 0 Å². The zero-order chi connectivity index (χ0) is 13.7. The van der Waals surface area contributed by atoms with Gasteiger partial charge in [0.25, 0.3) is 0 Å². The van der Waals surface area contributed by atoms with Crippen molar-refractivity contribution in [2.45, 2.75) is 33.2 Å². The molecular formula is C14H17N3O2. The molecule has 0 saturated heterocycles. The van der Waals surface area contributed by atoms with E-state index in [1.54, 1.807) is 12.4 Å². The van der Waals surface area contributed by atoms with E-state index in [1.807, 2.05) is 26.0 Å². The zero-order valence-corrected chi connectivity index (χ0v) is 11.1. The van der Waals surface area contributed by atoms with Crippen LogP contribution in [0.1, 0.15) is 29.0 Å². The number of rotatable bonds is 5. The topological polar surface area (TPSA) is 68.0 Å². The summed E-state index contributed by atoms with van der Waals surface area (Å²) in [6, 6.07) is 3.78. The lowest BCUT2D eigenvalue weighted by Gasteiger charge is -2.04. The van der Waals surface area contributed by atoms with Crippen LogP contribution in [0.5, 0.6) is 0 Å². The third-order valence-electron chi connectivity index (χ3n) is 3.00. The number of carbonyl (C=O) groups excluding carboxylic acids is 1. The van der Waals surface area contributed by atoms with Gasteiger partial charge in [0.1, 0.15) is 5.76 Å². The predicted octanol–water partition coefficient (Wildman–Crippen LogP) is 1.94. The Morgan fingerprint density at radius 1 is 1.42 bits per heavy atom. The first-order valence-electron chi connectivity index (χ1n) is 6.24. The van der Waals surface area contributed by atoms with Gasteiger partial charge in [0.05, 0.1) is 5.69 Å². The fourth-order valence-electron chi connectivity index (χ4n) is 1.89. The number of amides is 1. The summed E-state index contributed by atoms with van der Waals surface area (Å²) < 4.78 is 5.07. The molecule has 100 valence electrons. The van der Waals surface area contributed by atoms with Crippen molar-refractivity contribution < 1.29 is 9.32 Å². The Hall–Kier alpha value is -2.17. The number of nitrogens with one attached hydrogen (secondary N) is 1. The molecule has 0 aliphatic carbocycles. The molecule has 2 heterocycles. The van der Waals surface area contributed by atoms with Crippen LogP contribution in [-0.4, -0.2) is 16.0 Å². The first-order chi connectivity index (χ1) is 9.16. The maximum Gasteiger partial charge on any atom is 0.220 e. The summed E-state index contributed by atoms with van der Waals surface area (Å²) in [6.07, 6.45) is 4.54. The van der Waals surface area contributed by atoms with Gasteiger partial charge < -0.3 is 9.84 Å². The summed E-state index contributed by atoms with van der Waals surface area (Å²) in [5, 5.41) is 6.74. The molecule has 0 aliphatic heterocycles. The van der Waals surface area contributed by atoms with Gasteiger partial charge in [-0.2, -0.15) is 0 Å². The lowest BCUT2D eigenvalue weighted by Crippen LogP contribution is -2.23. The quantitative estimate of drug-likeness (QED) is 0.891. The minimum absolute atomic E-state index is 0.0175. The van der Waals surface area contributed by atoms with E-state index in [4.69, 9.17) is 4.52 Å². The molecule has 0 atom stereocenters. The number of hydrogen-bond donors (Lipinski definition) is 1. The van der Waals surface area contributed by atoms with Gasteiger partial charge in [-0.15, -0.1) is 0 Å². The zero-order valence-electron chi connectivity index (χ0n) is 11.1. The number of aromatic nitrogens is 2. The van der Waals surface area contributed by atoms with Crippen molar-refractivity contribution in [2.24, 2.45) is 0 Å². The van der Waals surface area contributed by atoms with Crippen molar-refractivity contribution in [1.82, 2.24) is 15.5 Å². The highest BCUT2D eigenvalue weighted by Gasteiger charge is 2.10. The molecule has 0 bridgehead atoms. The maximum atomic E-state index is 11.8. The van der Waals surface area contributed by atoms with Crippen molar-refractivity contribution in [3.05, 3.63) is 47.1 Å². The average molecular weight is 259 g/mol. The Morgan fingerprint density at radius 3 is 2.89 bits per heavy atom. The highest BCUT2D eigenvalue weighted by Crippen LogP contribution is 2.14. The molecule has 2 aromatic rings. The fraction of sp³-hybridized carbons (Fsp3) is 0.357. The Morgan fingerprint density at radius 2 is 2.26 bits per heavy atom. The molecule has 0 saturated carbocycles. The van der Waals surface area contributed by atoms with E-state index in [9.17, 15) is 4.79 Å². The minimum Gasteiger partial charge on any atom is -0.361 e. The van der Waals surface area contributed by atoms with Crippen LogP contribution >= 0.6 is 0 Å². The largest absolute Gasteiger partial charge is 0.361 e. The molecule has 2 rings (SSSR count). The molecule has 1 amide bonds. The molecule has 2 aromatic heterocycles. The van der Waals surface area contributed by atoms with E-state index in [1.165, 1.54) is 0 Å². The smallest absolute Gasteiger partial charge is 0.220 e. The van der Waals surface area contributed by atoms with Crippen molar-refractivity contribution in [3.8, 4) is 0 Å². The van der Waals surface area contributed by atoms with Crippen molar-refractivity contribution >= 4 is 5.91 Å². The Kier molecular flexibility index (Phi) is 4.28. The van der Waals surface area contributed by atoms with Crippen molar-refractivity contribution in [1.29, 1.82) is 0 Å². The van der Waals surface area contributed by atoms with Crippen LogP contribution in [0.25, 0.3) is 0 Å². The second kappa shape index (κ2) is 6.13. The maximum absolute atomic E-state index is 11.8. The van der Waals surface area contributed by atoms with Gasteiger partial charge in [-0.1, -0.05) is 11.2 Å². The SMILES string of the molecule is Cc1noc(C)c1CCC(=O)NCc1cccnc1. The van der Waals surface area contributed by atoms with Crippen LogP contribution in [0.15, 0.2) is 29.0 Å². The standard InChI is InChI=1S/C14H17N3O2/c1-10-13(11(2)19-17-10)5-6-14(18)16-9-12-4-3-7-15-8-12/h3-4,7-8H,5-6,9H2,1-2H3,(H,16,18). The second-order valence-electron chi connectivity index (χ2n) is 4.44. The van der Waals surface area contributed by atoms with Gasteiger partial charge in [0.2, 0.25) is 5.91 Å². The van der Waals surface area contributed by atoms with E-state index < -0.39 is 0 Å². The number of carbonyl (C=O) groups is 1. The van der Waals surface area contributed by atoms with Crippen LogP contribution in [-0.2, 0) is 17.8 Å². The van der Waals surface area contributed by atoms with Gasteiger partial charge in [-0.3, -0.25) is 9.78 Å². The van der Waals surface area contributed by atoms with E-state index in [2.05, 4.69) is 15.5 Å². The van der Waals surface area contributed by atoms with E-state index in [-0.39, 0.29) is 5.91 Å². The number of pyridine rings is 1. The molecule has 5 heteroatoms. The van der Waals surface area contributed by atoms with Crippen molar-refractivity contribution in [2.75, 3.05) is 0 Å². The Balaban J connectivity index is 1.79. The summed E-state index contributed by atoms with van der Waals surface area (Å²) in [6.45, 7) is 4.26. The van der Waals surface area contributed by atoms with Gasteiger partial charge in [0, 0.05) is 30.9 Å². The summed E-state index contributed by atoms with van der Waals surface area (Å²) in [5.74, 6) is 0.807. The molecule has 1 N–H and O–H groups in total. The van der Waals surface area contributed by atoms with Crippen LogP contribution in [0.4, 0.5) is 0 Å². The highest BCUT2D eigenvalue weighted by atomic mass is 16.5. The first-order valence-corrected chi connectivity index (χ1v) is 6.24. The number of hydrogen-bond acceptors (Lipinski definition) is 4. The third-order valence-corrected chi connectivity index (χ3v) is 3.00. The van der Waals surface area contributed by atoms with E-state index >= 15 is 0 Å². The molecule has 0 radical (unpaired) electrons. The monoisotopic (exact) mass is 259 g/mol. The van der Waals surface area contributed by atoms with Gasteiger partial charge in [0.15, 0.2) is 0 Å². The van der Waals surface area contributed by atoms with Gasteiger partial charge in [-0.25, -0.2) is 0 Å². The van der Waals surface area contributed by atoms with Crippen molar-refractivity contribution in [3.63, 3.8) is 0 Å². The summed E-state index contributed by atoms with van der Waals surface area (Å²) in [7, 11) is 0. The molecule has 0 aliphatic rings. The fourth-order valence-corrected chi connectivity index (χ4v) is 1.89. The third kappa shape index (κ3) is 3.64. The van der Waals surface area contributed by atoms with E-state index in [0.29, 0.717) is 19.4 Å². The molecule has 0 aromatic carbocycles. The van der Waals surface area contributed by atoms with Gasteiger partial charge >= 0.3 is 0 Å². The van der Waals surface area contributed by atoms with Crippen LogP contribution in [0, 0.1) is 13.8 Å². The highest BCUT2D eigenvalue weighted by molar-refractivity contribution is 5.76. The van der Waals surface area contributed by atoms with Gasteiger partial charge in [-0.05, 0) is 31.9 Å². The lowest BCUT2D eigenvalue weighted by molar-refractivity contribution is -0.121. The summed E-state index contributed by atoms with van der Waals surface area (Å²) in [4.78, 5) is 15.8. The first kappa shape index (κ1) is 13.3. The average Bonchev–Trinajstić information content (AvgIpc) is 2.75. The molecule has 5 nitrogen and oxygen atoms in total. The second-order valence-corrected chi connectivity index (χ2v) is 4.44. The predicted molar refractivity (Wildman–Crippen MR) is 70.4 cm³/mol. The molecule has 19 heavy (non-hydrogen) atoms. The number of nitrogens with zero attached hydrogens (tertiary/aromatic N) is 2. The van der Waals surface area contributed by atoms with E-state index in [0.717, 1.165) is 22.6 Å². The van der Waals surface area contributed by atoms with Crippen LogP contribution < -0.4 is 5.32 Å². The normalized spacial score (nSPS) is 10.4. The Bertz CT molecular complexity index is 530. The van der Waals surface area contributed by atoms with Crippen LogP contribution in [0.2, 0.25) is 0 Å². The molecule has 0 fully saturated rings. The molecule has 0 spiro atoms. The Labute approximate surface area is 112 Å².